The van der Waals surface area contributed by atoms with E-state index in [4.69, 9.17) is 4.74 Å². The summed E-state index contributed by atoms with van der Waals surface area (Å²) in [6.07, 6.45) is 2.56. The number of imide groups is 1. The number of nitriles is 1. The number of thiophene rings is 1. The molecule has 1 aliphatic carbocycles. The van der Waals surface area contributed by atoms with Crippen molar-refractivity contribution in [2.24, 2.45) is 5.92 Å². The maximum absolute atomic E-state index is 12.5. The van der Waals surface area contributed by atoms with E-state index in [1.807, 2.05) is 0 Å². The minimum absolute atomic E-state index is 0.176. The molecule has 1 aliphatic heterocycles. The Hall–Kier alpha value is -4.11. The molecule has 0 saturated heterocycles. The molecule has 2 aromatic rings. The second kappa shape index (κ2) is 9.03. The van der Waals surface area contributed by atoms with Gasteiger partial charge in [0.25, 0.3) is 23.4 Å². The number of hydrogen-bond donors (Lipinski definition) is 1. The molecule has 3 amide bonds. The molecule has 0 spiro atoms. The van der Waals surface area contributed by atoms with Crippen molar-refractivity contribution < 1.29 is 28.8 Å². The lowest BCUT2D eigenvalue weighted by atomic mass is 9.89. The summed E-state index contributed by atoms with van der Waals surface area (Å²) < 4.78 is 4.89. The lowest BCUT2D eigenvalue weighted by Gasteiger charge is -2.17. The third kappa shape index (κ3) is 4.13. The second-order valence-electron chi connectivity index (χ2n) is 8.03. The van der Waals surface area contributed by atoms with Gasteiger partial charge < -0.3 is 10.1 Å². The van der Waals surface area contributed by atoms with Crippen molar-refractivity contribution in [1.82, 2.24) is 4.90 Å². The van der Waals surface area contributed by atoms with E-state index in [2.05, 4.69) is 18.3 Å². The van der Waals surface area contributed by atoms with Crippen LogP contribution in [0.15, 0.2) is 18.2 Å². The van der Waals surface area contributed by atoms with Crippen LogP contribution in [-0.4, -0.2) is 46.7 Å². The molecule has 1 atom stereocenters. The van der Waals surface area contributed by atoms with Crippen LogP contribution in [0.1, 0.15) is 50.1 Å². The number of carbonyl (C=O) groups is 4. The normalized spacial score (nSPS) is 16.5. The van der Waals surface area contributed by atoms with Crippen LogP contribution in [0.2, 0.25) is 0 Å². The number of benzene rings is 1. The summed E-state index contributed by atoms with van der Waals surface area (Å²) in [7, 11) is 0. The third-order valence-corrected chi connectivity index (χ3v) is 6.87. The van der Waals surface area contributed by atoms with E-state index in [1.54, 1.807) is 0 Å². The van der Waals surface area contributed by atoms with Gasteiger partial charge in [-0.3, -0.25) is 34.2 Å². The third-order valence-electron chi connectivity index (χ3n) is 5.70. The molecule has 34 heavy (non-hydrogen) atoms. The maximum atomic E-state index is 12.5. The number of nitro groups is 1. The van der Waals surface area contributed by atoms with Gasteiger partial charge in [-0.25, -0.2) is 0 Å². The highest BCUT2D eigenvalue weighted by molar-refractivity contribution is 7.16. The summed E-state index contributed by atoms with van der Waals surface area (Å²) in [4.78, 5) is 61.5. The summed E-state index contributed by atoms with van der Waals surface area (Å²) in [6, 6.07) is 5.75. The number of nitro benzene ring substituents is 1. The molecular weight excluding hydrogens is 464 g/mol. The summed E-state index contributed by atoms with van der Waals surface area (Å²) in [5.41, 5.74) is 0.261. The van der Waals surface area contributed by atoms with Gasteiger partial charge in [0.1, 0.15) is 23.2 Å². The van der Waals surface area contributed by atoms with Gasteiger partial charge in [0.05, 0.1) is 16.1 Å². The smallest absolute Gasteiger partial charge is 0.326 e. The Bertz CT molecular complexity index is 1290. The summed E-state index contributed by atoms with van der Waals surface area (Å²) in [5.74, 6) is -3.06. The monoisotopic (exact) mass is 482 g/mol. The summed E-state index contributed by atoms with van der Waals surface area (Å²) in [6.45, 7) is 0.635. The Balaban J connectivity index is 1.37. The molecule has 2 heterocycles. The van der Waals surface area contributed by atoms with Gasteiger partial charge in [-0.1, -0.05) is 13.0 Å². The molecular formula is C22H18N4O7S. The number of carbonyl (C=O) groups excluding carboxylic acids is 4. The highest BCUT2D eigenvalue weighted by atomic mass is 32.1. The van der Waals surface area contributed by atoms with Crippen LogP contribution in [0.3, 0.4) is 0 Å². The summed E-state index contributed by atoms with van der Waals surface area (Å²) >= 11 is 1.33. The fraction of sp³-hybridized carbons (Fsp3) is 0.318. The number of esters is 1. The first-order chi connectivity index (χ1) is 16.2. The molecule has 1 aromatic carbocycles. The van der Waals surface area contributed by atoms with Crippen LogP contribution in [0, 0.1) is 27.4 Å². The zero-order chi connectivity index (χ0) is 24.6. The van der Waals surface area contributed by atoms with Crippen LogP contribution in [-0.2, 0) is 27.2 Å². The van der Waals surface area contributed by atoms with E-state index in [0.717, 1.165) is 35.8 Å². The largest absolute Gasteiger partial charge is 0.454 e. The fourth-order valence-corrected chi connectivity index (χ4v) is 5.43. The van der Waals surface area contributed by atoms with Crippen molar-refractivity contribution in [3.63, 3.8) is 0 Å². The topological polar surface area (TPSA) is 160 Å². The van der Waals surface area contributed by atoms with Crippen LogP contribution in [0.5, 0.6) is 0 Å². The van der Waals surface area contributed by atoms with Gasteiger partial charge in [0, 0.05) is 10.9 Å². The second-order valence-corrected chi connectivity index (χ2v) is 9.13. The molecule has 0 saturated carbocycles. The van der Waals surface area contributed by atoms with E-state index in [1.165, 1.54) is 23.5 Å². The first-order valence-corrected chi connectivity index (χ1v) is 11.2. The highest BCUT2D eigenvalue weighted by Crippen LogP contribution is 2.39. The minimum atomic E-state index is -1.04. The summed E-state index contributed by atoms with van der Waals surface area (Å²) in [5, 5.41) is 23.7. The number of nitrogens with zero attached hydrogens (tertiary/aromatic N) is 3. The molecule has 174 valence electrons. The van der Waals surface area contributed by atoms with Crippen molar-refractivity contribution in [3.8, 4) is 6.07 Å². The van der Waals surface area contributed by atoms with Gasteiger partial charge in [0.2, 0.25) is 0 Å². The van der Waals surface area contributed by atoms with Gasteiger partial charge >= 0.3 is 5.97 Å². The van der Waals surface area contributed by atoms with Crippen LogP contribution in [0.4, 0.5) is 10.7 Å². The van der Waals surface area contributed by atoms with Gasteiger partial charge in [-0.15, -0.1) is 11.3 Å². The SMILES string of the molecule is CC1CCc2c(sc(NC(=O)COC(=O)CN3C(=O)c4cccc([N+](=O)[O-])c4C3=O)c2C#N)C1. The predicted octanol–water partition coefficient (Wildman–Crippen LogP) is 2.43. The number of nitrogens with one attached hydrogen (secondary N) is 1. The van der Waals surface area contributed by atoms with Crippen molar-refractivity contribution in [1.29, 1.82) is 5.26 Å². The Kier molecular flexibility index (Phi) is 6.12. The highest BCUT2D eigenvalue weighted by Gasteiger charge is 2.42. The molecule has 1 aromatic heterocycles. The zero-order valence-corrected chi connectivity index (χ0v) is 18.8. The lowest BCUT2D eigenvalue weighted by molar-refractivity contribution is -0.385. The van der Waals surface area contributed by atoms with Gasteiger partial charge in [-0.05, 0) is 36.8 Å². The van der Waals surface area contributed by atoms with Crippen molar-refractivity contribution in [3.05, 3.63) is 55.4 Å². The molecule has 1 N–H and O–H groups in total. The molecule has 11 nitrogen and oxygen atoms in total. The van der Waals surface area contributed by atoms with E-state index in [-0.39, 0.29) is 11.1 Å². The van der Waals surface area contributed by atoms with Crippen molar-refractivity contribution in [2.75, 3.05) is 18.5 Å². The first kappa shape index (κ1) is 23.1. The molecule has 0 bridgehead atoms. The molecule has 0 fully saturated rings. The van der Waals surface area contributed by atoms with Crippen LogP contribution >= 0.6 is 11.3 Å². The number of amides is 3. The number of ether oxygens (including phenoxy) is 1. The molecule has 4 rings (SSSR count). The predicted molar refractivity (Wildman–Crippen MR) is 118 cm³/mol. The van der Waals surface area contributed by atoms with Crippen molar-refractivity contribution >= 4 is 45.7 Å². The Labute approximate surface area is 197 Å². The van der Waals surface area contributed by atoms with E-state index in [0.29, 0.717) is 21.4 Å². The Morgan fingerprint density at radius 1 is 1.35 bits per heavy atom. The quantitative estimate of drug-likeness (QED) is 0.284. The van der Waals surface area contributed by atoms with Crippen LogP contribution < -0.4 is 5.32 Å². The lowest BCUT2D eigenvalue weighted by Crippen LogP contribution is -2.36. The van der Waals surface area contributed by atoms with Gasteiger partial charge in [-0.2, -0.15) is 5.26 Å². The Morgan fingerprint density at radius 2 is 2.12 bits per heavy atom. The number of fused-ring (bicyclic) bond motifs is 2. The standard InChI is InChI=1S/C22H18N4O7S/c1-11-5-6-12-14(8-23)20(34-16(12)7-11)24-17(27)10-33-18(28)9-25-21(29)13-3-2-4-15(26(31)32)19(13)22(25)30/h2-4,11H,5-7,9-10H2,1H3,(H,24,27). The first-order valence-electron chi connectivity index (χ1n) is 10.3. The van der Waals surface area contributed by atoms with E-state index < -0.39 is 47.5 Å². The zero-order valence-electron chi connectivity index (χ0n) is 18.0. The van der Waals surface area contributed by atoms with E-state index >= 15 is 0 Å². The van der Waals surface area contributed by atoms with Crippen molar-refractivity contribution in [2.45, 2.75) is 26.2 Å². The average Bonchev–Trinajstić information content (AvgIpc) is 3.26. The van der Waals surface area contributed by atoms with Crippen LogP contribution in [0.25, 0.3) is 0 Å². The number of hydrogen-bond acceptors (Lipinski definition) is 9. The Morgan fingerprint density at radius 3 is 2.82 bits per heavy atom. The van der Waals surface area contributed by atoms with E-state index in [9.17, 15) is 34.6 Å². The molecule has 1 unspecified atom stereocenters. The molecule has 12 heteroatoms. The maximum Gasteiger partial charge on any atom is 0.326 e. The molecule has 2 aliphatic rings. The molecule has 0 radical (unpaired) electrons. The minimum Gasteiger partial charge on any atom is -0.454 e. The number of rotatable bonds is 6. The number of anilines is 1. The average molecular weight is 482 g/mol. The van der Waals surface area contributed by atoms with Gasteiger partial charge in [0.15, 0.2) is 6.61 Å². The fourth-order valence-electron chi connectivity index (χ4n) is 4.05.